The summed E-state index contributed by atoms with van der Waals surface area (Å²) in [4.78, 5) is 1.20. The molecular weight excluding hydrogens is 242 g/mol. The molecule has 4 heteroatoms. The zero-order chi connectivity index (χ0) is 12.5. The van der Waals surface area contributed by atoms with E-state index in [-0.39, 0.29) is 0 Å². The molecule has 1 fully saturated rings. The number of nitrogens with zero attached hydrogens (tertiary/aromatic N) is 1. The number of hydrogen-bond acceptors (Lipinski definition) is 3. The predicted octanol–water partition coefficient (Wildman–Crippen LogP) is 3.82. The number of aromatic amines is 1. The summed E-state index contributed by atoms with van der Waals surface area (Å²) < 4.78 is 0. The first-order chi connectivity index (χ1) is 8.72. The lowest BCUT2D eigenvalue weighted by Crippen LogP contribution is -2.15. The topological polar surface area (TPSA) is 54.7 Å². The highest BCUT2D eigenvalue weighted by Crippen LogP contribution is 2.39. The van der Waals surface area contributed by atoms with Crippen molar-refractivity contribution in [3.05, 3.63) is 18.3 Å². The number of aromatic nitrogens is 2. The fraction of sp³-hybridized carbons (Fsp3) is 0.500. The normalized spacial score (nSPS) is 24.5. The monoisotopic (exact) mass is 261 g/mol. The molecule has 2 aromatic rings. The molecule has 0 radical (unpaired) electrons. The van der Waals surface area contributed by atoms with Gasteiger partial charge in [0.2, 0.25) is 0 Å². The summed E-state index contributed by atoms with van der Waals surface area (Å²) in [6.07, 6.45) is 7.18. The van der Waals surface area contributed by atoms with Crippen LogP contribution in [0, 0.1) is 5.92 Å². The predicted molar refractivity (Wildman–Crippen MR) is 77.8 cm³/mol. The van der Waals surface area contributed by atoms with E-state index in [1.54, 1.807) is 0 Å². The lowest BCUT2D eigenvalue weighted by atomic mass is 9.91. The average molecular weight is 261 g/mol. The number of H-pyrrole nitrogens is 1. The Labute approximate surface area is 112 Å². The lowest BCUT2D eigenvalue weighted by molar-refractivity contribution is 0.394. The van der Waals surface area contributed by atoms with Gasteiger partial charge in [-0.05, 0) is 30.9 Å². The third kappa shape index (κ3) is 2.34. The molecule has 1 aliphatic carbocycles. The minimum absolute atomic E-state index is 0.719. The number of anilines is 1. The molecule has 96 valence electrons. The number of nitrogens with two attached hydrogens (primary N) is 1. The van der Waals surface area contributed by atoms with Gasteiger partial charge in [0.05, 0.1) is 11.7 Å². The summed E-state index contributed by atoms with van der Waals surface area (Å²) in [5.74, 6) is 0.855. The summed E-state index contributed by atoms with van der Waals surface area (Å²) >= 11 is 1.94. The van der Waals surface area contributed by atoms with Crippen LogP contribution >= 0.6 is 11.8 Å². The summed E-state index contributed by atoms with van der Waals surface area (Å²) in [5, 5.41) is 8.88. The molecule has 2 atom stereocenters. The van der Waals surface area contributed by atoms with Crippen LogP contribution in [0.3, 0.4) is 0 Å². The number of rotatable bonds is 2. The largest absolute Gasteiger partial charge is 0.398 e. The molecule has 0 spiro atoms. The van der Waals surface area contributed by atoms with Crippen molar-refractivity contribution < 1.29 is 0 Å². The Kier molecular flexibility index (Phi) is 3.20. The highest BCUT2D eigenvalue weighted by atomic mass is 32.2. The van der Waals surface area contributed by atoms with E-state index >= 15 is 0 Å². The summed E-state index contributed by atoms with van der Waals surface area (Å²) in [5.41, 5.74) is 8.10. The highest BCUT2D eigenvalue weighted by Gasteiger charge is 2.20. The van der Waals surface area contributed by atoms with Crippen LogP contribution in [0.4, 0.5) is 5.69 Å². The fourth-order valence-electron chi connectivity index (χ4n) is 2.76. The van der Waals surface area contributed by atoms with Crippen LogP contribution in [-0.2, 0) is 0 Å². The maximum Gasteiger partial charge on any atom is 0.0662 e. The molecule has 3 nitrogen and oxygen atoms in total. The van der Waals surface area contributed by atoms with E-state index in [4.69, 9.17) is 5.73 Å². The number of fused-ring (bicyclic) bond motifs is 1. The number of nitrogens with one attached hydrogen (secondary N) is 1. The SMILES string of the molecule is CC1CCCC(Sc2cc3[nH]ncc3cc2N)C1. The van der Waals surface area contributed by atoms with Crippen molar-refractivity contribution >= 4 is 28.4 Å². The van der Waals surface area contributed by atoms with Gasteiger partial charge in [-0.15, -0.1) is 11.8 Å². The summed E-state index contributed by atoms with van der Waals surface area (Å²) in [7, 11) is 0. The first kappa shape index (κ1) is 11.9. The van der Waals surface area contributed by atoms with Crippen LogP contribution in [0.1, 0.15) is 32.6 Å². The minimum atomic E-state index is 0.719. The zero-order valence-corrected chi connectivity index (χ0v) is 11.5. The molecule has 0 aliphatic heterocycles. The van der Waals surface area contributed by atoms with Gasteiger partial charge in [0.15, 0.2) is 0 Å². The van der Waals surface area contributed by atoms with Gasteiger partial charge in [-0.25, -0.2) is 0 Å². The van der Waals surface area contributed by atoms with E-state index in [9.17, 15) is 0 Å². The van der Waals surface area contributed by atoms with Gasteiger partial charge < -0.3 is 5.73 Å². The van der Waals surface area contributed by atoms with Crippen molar-refractivity contribution in [1.29, 1.82) is 0 Å². The number of nitrogen functional groups attached to an aromatic ring is 1. The minimum Gasteiger partial charge on any atom is -0.398 e. The number of hydrogen-bond donors (Lipinski definition) is 2. The molecule has 2 unspecified atom stereocenters. The molecule has 3 rings (SSSR count). The summed E-state index contributed by atoms with van der Waals surface area (Å²) in [6, 6.07) is 4.16. The van der Waals surface area contributed by atoms with E-state index in [0.29, 0.717) is 0 Å². The van der Waals surface area contributed by atoms with Crippen LogP contribution < -0.4 is 5.73 Å². The van der Waals surface area contributed by atoms with Gasteiger partial charge in [-0.1, -0.05) is 19.8 Å². The van der Waals surface area contributed by atoms with Crippen LogP contribution in [0.5, 0.6) is 0 Å². The second-order valence-electron chi connectivity index (χ2n) is 5.36. The van der Waals surface area contributed by atoms with Crippen LogP contribution in [0.25, 0.3) is 10.9 Å². The lowest BCUT2D eigenvalue weighted by Gasteiger charge is -2.26. The average Bonchev–Trinajstić information content (AvgIpc) is 2.76. The van der Waals surface area contributed by atoms with E-state index in [0.717, 1.165) is 27.8 Å². The second kappa shape index (κ2) is 4.84. The van der Waals surface area contributed by atoms with E-state index < -0.39 is 0 Å². The Bertz CT molecular complexity index is 549. The molecule has 1 aliphatic rings. The number of benzene rings is 1. The Morgan fingerprint density at radius 2 is 2.28 bits per heavy atom. The second-order valence-corrected chi connectivity index (χ2v) is 6.70. The molecule has 3 N–H and O–H groups in total. The molecule has 0 amide bonds. The van der Waals surface area contributed by atoms with E-state index in [1.165, 1.54) is 30.6 Å². The zero-order valence-electron chi connectivity index (χ0n) is 10.6. The van der Waals surface area contributed by atoms with Gasteiger partial charge in [-0.2, -0.15) is 5.10 Å². The molecule has 1 aromatic heterocycles. The van der Waals surface area contributed by atoms with Crippen LogP contribution in [0.2, 0.25) is 0 Å². The molecule has 1 heterocycles. The third-order valence-electron chi connectivity index (χ3n) is 3.75. The number of thioether (sulfide) groups is 1. The van der Waals surface area contributed by atoms with Gasteiger partial charge >= 0.3 is 0 Å². The first-order valence-electron chi connectivity index (χ1n) is 6.61. The van der Waals surface area contributed by atoms with Crippen LogP contribution in [-0.4, -0.2) is 15.4 Å². The standard InChI is InChI=1S/C14H19N3S/c1-9-3-2-4-11(5-9)18-14-7-13-10(6-12(14)15)8-16-17-13/h6-9,11H,2-5,15H2,1H3,(H,16,17). The maximum absolute atomic E-state index is 6.14. The molecule has 1 aromatic carbocycles. The first-order valence-corrected chi connectivity index (χ1v) is 7.49. The van der Waals surface area contributed by atoms with Crippen molar-refractivity contribution in [2.45, 2.75) is 42.8 Å². The highest BCUT2D eigenvalue weighted by molar-refractivity contribution is 8.00. The van der Waals surface area contributed by atoms with E-state index in [1.807, 2.05) is 24.0 Å². The summed E-state index contributed by atoms with van der Waals surface area (Å²) in [6.45, 7) is 2.36. The van der Waals surface area contributed by atoms with Crippen molar-refractivity contribution in [3.8, 4) is 0 Å². The molecule has 0 bridgehead atoms. The quantitative estimate of drug-likeness (QED) is 0.808. The Hall–Kier alpha value is -1.16. The van der Waals surface area contributed by atoms with Gasteiger partial charge in [0.1, 0.15) is 0 Å². The Balaban J connectivity index is 1.82. The van der Waals surface area contributed by atoms with Crippen LogP contribution in [0.15, 0.2) is 23.2 Å². The van der Waals surface area contributed by atoms with Gasteiger partial charge in [0, 0.05) is 21.2 Å². The van der Waals surface area contributed by atoms with E-state index in [2.05, 4.69) is 23.2 Å². The third-order valence-corrected chi connectivity index (χ3v) is 5.12. The van der Waals surface area contributed by atoms with Crippen molar-refractivity contribution in [1.82, 2.24) is 10.2 Å². The van der Waals surface area contributed by atoms with Gasteiger partial charge in [0.25, 0.3) is 0 Å². The van der Waals surface area contributed by atoms with Crippen molar-refractivity contribution in [2.24, 2.45) is 5.92 Å². The maximum atomic E-state index is 6.14. The molecule has 0 saturated heterocycles. The molecule has 18 heavy (non-hydrogen) atoms. The van der Waals surface area contributed by atoms with Crippen molar-refractivity contribution in [2.75, 3.05) is 5.73 Å². The van der Waals surface area contributed by atoms with Crippen molar-refractivity contribution in [3.63, 3.8) is 0 Å². The van der Waals surface area contributed by atoms with Gasteiger partial charge in [-0.3, -0.25) is 5.10 Å². The fourth-order valence-corrected chi connectivity index (χ4v) is 4.21. The smallest absolute Gasteiger partial charge is 0.0662 e. The Morgan fingerprint density at radius 3 is 3.11 bits per heavy atom. The molecule has 1 saturated carbocycles. The molecular formula is C14H19N3S. The Morgan fingerprint density at radius 1 is 1.39 bits per heavy atom.